The molecule has 1 saturated carbocycles. The van der Waals surface area contributed by atoms with Crippen LogP contribution in [0.3, 0.4) is 0 Å². The highest BCUT2D eigenvalue weighted by Crippen LogP contribution is 2.45. The molecule has 3 aromatic heterocycles. The lowest BCUT2D eigenvalue weighted by Crippen LogP contribution is -2.38. The number of H-pyrrole nitrogens is 1. The lowest BCUT2D eigenvalue weighted by molar-refractivity contribution is -0.148. The summed E-state index contributed by atoms with van der Waals surface area (Å²) < 4.78 is 39.4. The first kappa shape index (κ1) is 25.8. The number of hydrogen-bond acceptors (Lipinski definition) is 8. The van der Waals surface area contributed by atoms with E-state index in [-0.39, 0.29) is 24.7 Å². The van der Waals surface area contributed by atoms with Gasteiger partial charge in [-0.15, -0.1) is 11.3 Å². The molecule has 5 rings (SSSR count). The van der Waals surface area contributed by atoms with Crippen LogP contribution in [0.1, 0.15) is 36.9 Å². The standard InChI is InChI=1S/C25H23F3N6O3S/c1-13-9-24(37,4-2-18(13)21(35)36)22-30-12-19(38-22)15-6-14(16-10-31-32-11-16)7-17(8-15)33-23-29-5-3-20(34-23)25(26,27)28/h3,5-8,10-13,18,37H,2,4,9H2,1H3,(H,31,32)(H,35,36)(H,29,33,34). The van der Waals surface area contributed by atoms with Gasteiger partial charge < -0.3 is 15.5 Å². The van der Waals surface area contributed by atoms with Gasteiger partial charge in [-0.2, -0.15) is 18.3 Å². The first-order valence-corrected chi connectivity index (χ1v) is 12.6. The van der Waals surface area contributed by atoms with E-state index in [1.807, 2.05) is 13.0 Å². The first-order valence-electron chi connectivity index (χ1n) is 11.8. The number of thiazole rings is 1. The van der Waals surface area contributed by atoms with Gasteiger partial charge in [0.25, 0.3) is 0 Å². The average Bonchev–Trinajstić information content (AvgIpc) is 3.56. The second-order valence-electron chi connectivity index (χ2n) is 9.40. The van der Waals surface area contributed by atoms with Crippen LogP contribution in [0.25, 0.3) is 21.6 Å². The van der Waals surface area contributed by atoms with Gasteiger partial charge in [-0.05, 0) is 60.6 Å². The van der Waals surface area contributed by atoms with E-state index in [1.54, 1.807) is 30.7 Å². The maximum absolute atomic E-state index is 13.1. The van der Waals surface area contributed by atoms with Crippen molar-refractivity contribution >= 4 is 28.9 Å². The predicted molar refractivity (Wildman–Crippen MR) is 133 cm³/mol. The summed E-state index contributed by atoms with van der Waals surface area (Å²) in [4.78, 5) is 24.2. The molecule has 4 N–H and O–H groups in total. The van der Waals surface area contributed by atoms with Crippen LogP contribution < -0.4 is 5.32 Å². The molecule has 1 aliphatic rings. The van der Waals surface area contributed by atoms with Gasteiger partial charge in [0.2, 0.25) is 5.95 Å². The van der Waals surface area contributed by atoms with Crippen LogP contribution in [-0.2, 0) is 16.6 Å². The average molecular weight is 545 g/mol. The van der Waals surface area contributed by atoms with Crippen molar-refractivity contribution in [2.75, 3.05) is 5.32 Å². The zero-order valence-electron chi connectivity index (χ0n) is 20.0. The van der Waals surface area contributed by atoms with E-state index >= 15 is 0 Å². The highest BCUT2D eigenvalue weighted by Gasteiger charge is 2.43. The Morgan fingerprint density at radius 2 is 1.97 bits per heavy atom. The van der Waals surface area contributed by atoms with Gasteiger partial charge >= 0.3 is 12.1 Å². The summed E-state index contributed by atoms with van der Waals surface area (Å²) in [6.45, 7) is 1.82. The molecule has 0 radical (unpaired) electrons. The molecule has 0 bridgehead atoms. The van der Waals surface area contributed by atoms with Crippen molar-refractivity contribution in [3.63, 3.8) is 0 Å². The number of anilines is 2. The van der Waals surface area contributed by atoms with Crippen molar-refractivity contribution < 1.29 is 28.2 Å². The fourth-order valence-electron chi connectivity index (χ4n) is 4.76. The molecule has 1 aromatic carbocycles. The minimum atomic E-state index is -4.61. The Labute approximate surface area is 218 Å². The Kier molecular flexibility index (Phi) is 6.65. The third-order valence-corrected chi connectivity index (χ3v) is 7.93. The fourth-order valence-corrected chi connectivity index (χ4v) is 5.79. The van der Waals surface area contributed by atoms with Crippen molar-refractivity contribution in [3.05, 3.63) is 59.8 Å². The molecule has 13 heteroatoms. The molecule has 0 amide bonds. The van der Waals surface area contributed by atoms with Crippen molar-refractivity contribution in [1.82, 2.24) is 25.1 Å². The number of nitrogens with one attached hydrogen (secondary N) is 2. The smallest absolute Gasteiger partial charge is 0.433 e. The molecule has 198 valence electrons. The van der Waals surface area contributed by atoms with E-state index in [2.05, 4.69) is 30.5 Å². The number of aromatic nitrogens is 5. The van der Waals surface area contributed by atoms with E-state index in [9.17, 15) is 28.2 Å². The molecular weight excluding hydrogens is 521 g/mol. The minimum Gasteiger partial charge on any atom is -0.481 e. The van der Waals surface area contributed by atoms with Crippen molar-refractivity contribution in [3.8, 4) is 21.6 Å². The lowest BCUT2D eigenvalue weighted by atomic mass is 9.72. The number of rotatable bonds is 6. The fraction of sp³-hybridized carbons (Fsp3) is 0.320. The van der Waals surface area contributed by atoms with Gasteiger partial charge in [0.05, 0.1) is 17.0 Å². The predicted octanol–water partition coefficient (Wildman–Crippen LogP) is 5.46. The molecule has 0 aliphatic heterocycles. The number of nitrogens with zero attached hydrogens (tertiary/aromatic N) is 4. The SMILES string of the molecule is CC1CC(O)(c2ncc(-c3cc(Nc4nccc(C(F)(F)F)n4)cc(-c4cn[nH]c4)c3)s2)CCC1C(=O)O. The molecule has 1 fully saturated rings. The number of carbonyl (C=O) groups is 1. The van der Waals surface area contributed by atoms with Gasteiger partial charge in [0.1, 0.15) is 16.3 Å². The Hall–Kier alpha value is -3.84. The molecule has 38 heavy (non-hydrogen) atoms. The van der Waals surface area contributed by atoms with Crippen LogP contribution in [0.15, 0.2) is 49.1 Å². The number of hydrogen-bond donors (Lipinski definition) is 4. The third kappa shape index (κ3) is 5.24. The van der Waals surface area contributed by atoms with E-state index in [4.69, 9.17) is 0 Å². The molecule has 1 aliphatic carbocycles. The quantitative estimate of drug-likeness (QED) is 0.251. The van der Waals surface area contributed by atoms with Crippen LogP contribution in [0.2, 0.25) is 0 Å². The third-order valence-electron chi connectivity index (χ3n) is 6.69. The second kappa shape index (κ2) is 9.80. The molecule has 3 unspecified atom stereocenters. The molecule has 0 saturated heterocycles. The largest absolute Gasteiger partial charge is 0.481 e. The van der Waals surface area contributed by atoms with E-state index in [0.29, 0.717) is 22.7 Å². The summed E-state index contributed by atoms with van der Waals surface area (Å²) in [6.07, 6.45) is 2.29. The van der Waals surface area contributed by atoms with E-state index < -0.39 is 29.4 Å². The monoisotopic (exact) mass is 544 g/mol. The first-order chi connectivity index (χ1) is 18.0. The van der Waals surface area contributed by atoms with Crippen molar-refractivity contribution in [2.24, 2.45) is 11.8 Å². The topological polar surface area (TPSA) is 137 Å². The Bertz CT molecular complexity index is 1460. The van der Waals surface area contributed by atoms with Gasteiger partial charge in [0.15, 0.2) is 0 Å². The van der Waals surface area contributed by atoms with E-state index in [0.717, 1.165) is 28.3 Å². The van der Waals surface area contributed by atoms with Crippen LogP contribution in [0.5, 0.6) is 0 Å². The zero-order chi connectivity index (χ0) is 27.1. The minimum absolute atomic E-state index is 0.210. The molecule has 9 nitrogen and oxygen atoms in total. The Morgan fingerprint density at radius 3 is 2.66 bits per heavy atom. The summed E-state index contributed by atoms with van der Waals surface area (Å²) in [5, 5.41) is 30.8. The molecular formula is C25H23F3N6O3S. The number of aliphatic carboxylic acids is 1. The normalized spacial score (nSPS) is 21.8. The summed E-state index contributed by atoms with van der Waals surface area (Å²) in [5.41, 5.74) is 0.344. The highest BCUT2D eigenvalue weighted by molar-refractivity contribution is 7.15. The summed E-state index contributed by atoms with van der Waals surface area (Å²) in [6, 6.07) is 6.15. The number of aliphatic hydroxyl groups is 1. The maximum Gasteiger partial charge on any atom is 0.433 e. The van der Waals surface area contributed by atoms with Gasteiger partial charge in [-0.1, -0.05) is 6.92 Å². The highest BCUT2D eigenvalue weighted by atomic mass is 32.1. The van der Waals surface area contributed by atoms with E-state index in [1.165, 1.54) is 11.3 Å². The Morgan fingerprint density at radius 1 is 1.18 bits per heavy atom. The van der Waals surface area contributed by atoms with Crippen LogP contribution in [0, 0.1) is 11.8 Å². The molecule has 4 aromatic rings. The van der Waals surface area contributed by atoms with Crippen molar-refractivity contribution in [1.29, 1.82) is 0 Å². The number of benzene rings is 1. The molecule has 3 atom stereocenters. The van der Waals surface area contributed by atoms with Gasteiger partial charge in [0, 0.05) is 29.8 Å². The number of alkyl halides is 3. The van der Waals surface area contributed by atoms with Crippen LogP contribution in [0.4, 0.5) is 24.8 Å². The maximum atomic E-state index is 13.1. The van der Waals surface area contributed by atoms with Crippen LogP contribution in [-0.4, -0.2) is 41.3 Å². The zero-order valence-corrected chi connectivity index (χ0v) is 20.8. The lowest BCUT2D eigenvalue weighted by Gasteiger charge is -2.37. The summed E-state index contributed by atoms with van der Waals surface area (Å²) in [7, 11) is 0. The summed E-state index contributed by atoms with van der Waals surface area (Å²) >= 11 is 1.29. The second-order valence-corrected chi connectivity index (χ2v) is 10.4. The number of aromatic amines is 1. The number of halogens is 3. The number of carboxylic acid groups (broad SMARTS) is 1. The Balaban J connectivity index is 1.48. The number of carboxylic acids is 1. The molecule has 0 spiro atoms. The van der Waals surface area contributed by atoms with Crippen molar-refractivity contribution in [2.45, 2.75) is 38.0 Å². The van der Waals surface area contributed by atoms with Gasteiger partial charge in [-0.3, -0.25) is 9.89 Å². The molecule has 3 heterocycles. The summed E-state index contributed by atoms with van der Waals surface area (Å²) in [5.74, 6) is -1.79. The van der Waals surface area contributed by atoms with Gasteiger partial charge in [-0.25, -0.2) is 15.0 Å². The van der Waals surface area contributed by atoms with Crippen LogP contribution >= 0.6 is 11.3 Å².